The predicted octanol–water partition coefficient (Wildman–Crippen LogP) is 3.55. The van der Waals surface area contributed by atoms with Gasteiger partial charge < -0.3 is 20.4 Å². The first-order chi connectivity index (χ1) is 15.3. The Labute approximate surface area is 187 Å². The summed E-state index contributed by atoms with van der Waals surface area (Å²) in [7, 11) is 0. The van der Waals surface area contributed by atoms with E-state index in [1.54, 1.807) is 29.7 Å². The quantitative estimate of drug-likeness (QED) is 0.472. The molecule has 11 heteroatoms. The summed E-state index contributed by atoms with van der Waals surface area (Å²) < 4.78 is 34.3. The zero-order valence-electron chi connectivity index (χ0n) is 17.3. The maximum absolute atomic E-state index is 13.9. The summed E-state index contributed by atoms with van der Waals surface area (Å²) in [6.07, 6.45) is -0.673. The van der Waals surface area contributed by atoms with Crippen LogP contribution in [-0.4, -0.2) is 32.3 Å². The van der Waals surface area contributed by atoms with Gasteiger partial charge in [0.15, 0.2) is 28.7 Å². The van der Waals surface area contributed by atoms with Gasteiger partial charge in [-0.05, 0) is 38.1 Å². The van der Waals surface area contributed by atoms with E-state index in [-0.39, 0.29) is 23.0 Å². The molecule has 1 heterocycles. The highest BCUT2D eigenvalue weighted by Crippen LogP contribution is 2.27. The number of hydrogen-bond donors (Lipinski definition) is 2. The number of carbonyl (C=O) groups is 2. The van der Waals surface area contributed by atoms with Crippen LogP contribution in [-0.2, 0) is 11.3 Å². The number of hydrogen-bond acceptors (Lipinski definition) is 6. The SMILES string of the molecule is CCn1c(SCC(=O)Nc2ccccc2C(N)=O)nnc1C(C)Oc1ccc(F)cc1F. The number of carbonyl (C=O) groups excluding carboxylic acids is 2. The molecule has 0 aliphatic heterocycles. The van der Waals surface area contributed by atoms with Crippen LogP contribution in [0.2, 0.25) is 0 Å². The Morgan fingerprint density at radius 3 is 2.66 bits per heavy atom. The number of para-hydroxylation sites is 1. The molecule has 3 N–H and O–H groups in total. The molecule has 0 radical (unpaired) electrons. The van der Waals surface area contributed by atoms with Crippen LogP contribution in [0.15, 0.2) is 47.6 Å². The van der Waals surface area contributed by atoms with Crippen molar-refractivity contribution < 1.29 is 23.1 Å². The first-order valence-electron chi connectivity index (χ1n) is 9.66. The van der Waals surface area contributed by atoms with Gasteiger partial charge in [0.2, 0.25) is 5.91 Å². The summed E-state index contributed by atoms with van der Waals surface area (Å²) in [5.74, 6) is -2.18. The second-order valence-electron chi connectivity index (χ2n) is 6.67. The van der Waals surface area contributed by atoms with Crippen LogP contribution >= 0.6 is 11.8 Å². The number of amides is 2. The fourth-order valence-corrected chi connectivity index (χ4v) is 3.75. The molecule has 1 atom stereocenters. The Morgan fingerprint density at radius 1 is 1.22 bits per heavy atom. The molecule has 1 aromatic heterocycles. The number of anilines is 1. The van der Waals surface area contributed by atoms with Gasteiger partial charge in [-0.25, -0.2) is 8.78 Å². The Morgan fingerprint density at radius 2 is 1.97 bits per heavy atom. The lowest BCUT2D eigenvalue weighted by Crippen LogP contribution is -2.19. The second-order valence-corrected chi connectivity index (χ2v) is 7.61. The van der Waals surface area contributed by atoms with Gasteiger partial charge in [-0.1, -0.05) is 23.9 Å². The molecular formula is C21H21F2N5O3S. The van der Waals surface area contributed by atoms with Crippen molar-refractivity contribution in [3.8, 4) is 5.75 Å². The van der Waals surface area contributed by atoms with Gasteiger partial charge in [0.25, 0.3) is 5.91 Å². The minimum absolute atomic E-state index is 0.00700. The summed E-state index contributed by atoms with van der Waals surface area (Å²) in [6, 6.07) is 9.49. The van der Waals surface area contributed by atoms with E-state index in [1.807, 2.05) is 6.92 Å². The molecule has 8 nitrogen and oxygen atoms in total. The van der Waals surface area contributed by atoms with E-state index in [0.29, 0.717) is 23.2 Å². The first-order valence-corrected chi connectivity index (χ1v) is 10.6. The van der Waals surface area contributed by atoms with E-state index in [9.17, 15) is 18.4 Å². The lowest BCUT2D eigenvalue weighted by atomic mass is 10.1. The molecule has 0 saturated heterocycles. The van der Waals surface area contributed by atoms with Crippen LogP contribution in [0.4, 0.5) is 14.5 Å². The van der Waals surface area contributed by atoms with Crippen molar-refractivity contribution in [1.82, 2.24) is 14.8 Å². The van der Waals surface area contributed by atoms with E-state index < -0.39 is 23.6 Å². The van der Waals surface area contributed by atoms with E-state index in [4.69, 9.17) is 10.5 Å². The molecule has 32 heavy (non-hydrogen) atoms. The van der Waals surface area contributed by atoms with Gasteiger partial charge >= 0.3 is 0 Å². The highest BCUT2D eigenvalue weighted by molar-refractivity contribution is 7.99. The van der Waals surface area contributed by atoms with Gasteiger partial charge in [0, 0.05) is 12.6 Å². The lowest BCUT2D eigenvalue weighted by molar-refractivity contribution is -0.113. The Balaban J connectivity index is 1.67. The van der Waals surface area contributed by atoms with Crippen LogP contribution in [0.25, 0.3) is 0 Å². The number of nitrogens with one attached hydrogen (secondary N) is 1. The molecule has 3 rings (SSSR count). The standard InChI is InChI=1S/C21H21F2N5O3S/c1-3-28-20(12(2)31-17-9-8-13(22)10-15(17)23)26-27-21(28)32-11-18(29)25-16-7-5-4-6-14(16)19(24)30/h4-10,12H,3,11H2,1-2H3,(H2,24,30)(H,25,29). The monoisotopic (exact) mass is 461 g/mol. The van der Waals surface area contributed by atoms with E-state index in [0.717, 1.165) is 23.9 Å². The highest BCUT2D eigenvalue weighted by atomic mass is 32.2. The number of primary amides is 1. The molecule has 0 saturated carbocycles. The highest BCUT2D eigenvalue weighted by Gasteiger charge is 2.21. The van der Waals surface area contributed by atoms with Crippen molar-refractivity contribution in [2.75, 3.05) is 11.1 Å². The van der Waals surface area contributed by atoms with Gasteiger partial charge in [0.05, 0.1) is 17.0 Å². The number of nitrogens with zero attached hydrogens (tertiary/aromatic N) is 3. The molecule has 3 aromatic rings. The molecule has 0 spiro atoms. The Kier molecular flexibility index (Phi) is 7.41. The number of rotatable bonds is 9. The molecular weight excluding hydrogens is 440 g/mol. The summed E-state index contributed by atoms with van der Waals surface area (Å²) in [6.45, 7) is 4.02. The summed E-state index contributed by atoms with van der Waals surface area (Å²) in [5, 5.41) is 11.3. The number of halogens is 2. The number of nitrogens with two attached hydrogens (primary N) is 1. The van der Waals surface area contributed by atoms with Crippen LogP contribution in [0.1, 0.15) is 36.1 Å². The predicted molar refractivity (Wildman–Crippen MR) is 115 cm³/mol. The zero-order chi connectivity index (χ0) is 23.3. The average Bonchev–Trinajstić information content (AvgIpc) is 3.17. The average molecular weight is 461 g/mol. The lowest BCUT2D eigenvalue weighted by Gasteiger charge is -2.16. The molecule has 0 fully saturated rings. The Bertz CT molecular complexity index is 1140. The van der Waals surface area contributed by atoms with E-state index >= 15 is 0 Å². The number of ether oxygens (including phenoxy) is 1. The van der Waals surface area contributed by atoms with Crippen molar-refractivity contribution >= 4 is 29.3 Å². The number of aromatic nitrogens is 3. The van der Waals surface area contributed by atoms with Gasteiger partial charge in [-0.2, -0.15) is 0 Å². The minimum atomic E-state index is -0.818. The summed E-state index contributed by atoms with van der Waals surface area (Å²) >= 11 is 1.14. The largest absolute Gasteiger partial charge is 0.480 e. The fourth-order valence-electron chi connectivity index (χ4n) is 2.94. The molecule has 2 aromatic carbocycles. The third kappa shape index (κ3) is 5.41. The van der Waals surface area contributed by atoms with Crippen LogP contribution in [0.3, 0.4) is 0 Å². The van der Waals surface area contributed by atoms with Crippen molar-refractivity contribution in [2.24, 2.45) is 5.73 Å². The van der Waals surface area contributed by atoms with Crippen LogP contribution in [0.5, 0.6) is 5.75 Å². The summed E-state index contributed by atoms with van der Waals surface area (Å²) in [4.78, 5) is 23.9. The molecule has 2 amide bonds. The van der Waals surface area contributed by atoms with Crippen molar-refractivity contribution in [3.63, 3.8) is 0 Å². The summed E-state index contributed by atoms with van der Waals surface area (Å²) in [5.41, 5.74) is 5.86. The van der Waals surface area contributed by atoms with Crippen molar-refractivity contribution in [1.29, 1.82) is 0 Å². The maximum Gasteiger partial charge on any atom is 0.250 e. The molecule has 168 valence electrons. The third-order valence-corrected chi connectivity index (χ3v) is 5.39. The minimum Gasteiger partial charge on any atom is -0.480 e. The van der Waals surface area contributed by atoms with E-state index in [2.05, 4.69) is 15.5 Å². The number of benzene rings is 2. The fraction of sp³-hybridized carbons (Fsp3) is 0.238. The van der Waals surface area contributed by atoms with Crippen LogP contribution < -0.4 is 15.8 Å². The number of thioether (sulfide) groups is 1. The zero-order valence-corrected chi connectivity index (χ0v) is 18.2. The third-order valence-electron chi connectivity index (χ3n) is 4.42. The molecule has 0 aliphatic carbocycles. The second kappa shape index (κ2) is 10.2. The maximum atomic E-state index is 13.9. The molecule has 1 unspecified atom stereocenters. The van der Waals surface area contributed by atoms with Gasteiger partial charge in [-0.15, -0.1) is 10.2 Å². The van der Waals surface area contributed by atoms with Crippen LogP contribution in [0, 0.1) is 11.6 Å². The van der Waals surface area contributed by atoms with E-state index in [1.165, 1.54) is 12.1 Å². The Hall–Kier alpha value is -3.47. The normalized spacial score (nSPS) is 11.8. The van der Waals surface area contributed by atoms with Crippen molar-refractivity contribution in [2.45, 2.75) is 31.7 Å². The smallest absolute Gasteiger partial charge is 0.250 e. The first kappa shape index (κ1) is 23.2. The topological polar surface area (TPSA) is 112 Å². The van der Waals surface area contributed by atoms with Gasteiger partial charge in [-0.3, -0.25) is 9.59 Å². The molecule has 0 bridgehead atoms. The molecule has 0 aliphatic rings. The van der Waals surface area contributed by atoms with Gasteiger partial charge in [0.1, 0.15) is 5.82 Å². The van der Waals surface area contributed by atoms with Crippen molar-refractivity contribution in [3.05, 3.63) is 65.5 Å².